The molecule has 0 radical (unpaired) electrons. The molecule has 0 aromatic rings. The number of hydrogen-bond donors (Lipinski definition) is 4. The predicted octanol–water partition coefficient (Wildman–Crippen LogP) is 2.57. The highest BCUT2D eigenvalue weighted by Crippen LogP contribution is 2.08. The minimum atomic E-state index is -1.14. The van der Waals surface area contributed by atoms with Crippen LogP contribution >= 0.6 is 12.6 Å². The first kappa shape index (κ1) is 23.4. The van der Waals surface area contributed by atoms with Crippen molar-refractivity contribution in [3.63, 3.8) is 0 Å². The third-order valence-corrected chi connectivity index (χ3v) is 3.76. The van der Waals surface area contributed by atoms with E-state index in [9.17, 15) is 14.4 Å². The van der Waals surface area contributed by atoms with E-state index in [2.05, 4.69) is 23.3 Å². The number of ether oxygens (including phenoxy) is 2. The molecule has 0 aromatic carbocycles. The number of aliphatic carboxylic acids is 1. The Morgan fingerprint density at radius 3 is 2.08 bits per heavy atom. The second-order valence-electron chi connectivity index (χ2n) is 5.63. The fourth-order valence-corrected chi connectivity index (χ4v) is 2.01. The van der Waals surface area contributed by atoms with Gasteiger partial charge in [0.05, 0.1) is 13.2 Å². The molecule has 8 nitrogen and oxygen atoms in total. The van der Waals surface area contributed by atoms with E-state index in [4.69, 9.17) is 14.6 Å². The quantitative estimate of drug-likeness (QED) is 0.289. The standard InChI is InChI=1S/C16H30N2O6S/c1-3-5-9-23-15(21)17-11-12(25)7-8-13(14(19)20)18-16(22)24-10-6-4-2/h12-13,25H,3-11H2,1-2H3,(H,17,21)(H,18,22)(H,19,20)/t12-,13-/m1/s1. The monoisotopic (exact) mass is 378 g/mol. The fourth-order valence-electron chi connectivity index (χ4n) is 1.77. The molecule has 0 aromatic heterocycles. The summed E-state index contributed by atoms with van der Waals surface area (Å²) in [7, 11) is 0. The molecule has 25 heavy (non-hydrogen) atoms. The van der Waals surface area contributed by atoms with Crippen molar-refractivity contribution in [1.29, 1.82) is 0 Å². The zero-order valence-electron chi connectivity index (χ0n) is 15.0. The van der Waals surface area contributed by atoms with E-state index in [1.54, 1.807) is 0 Å². The van der Waals surface area contributed by atoms with Crippen molar-refractivity contribution in [3.8, 4) is 0 Å². The topological polar surface area (TPSA) is 114 Å². The van der Waals surface area contributed by atoms with E-state index < -0.39 is 24.2 Å². The number of alkyl carbamates (subject to hydrolysis) is 2. The van der Waals surface area contributed by atoms with Gasteiger partial charge in [0.2, 0.25) is 0 Å². The van der Waals surface area contributed by atoms with Crippen LogP contribution < -0.4 is 10.6 Å². The van der Waals surface area contributed by atoms with E-state index in [1.807, 2.05) is 13.8 Å². The van der Waals surface area contributed by atoms with Gasteiger partial charge in [0, 0.05) is 11.8 Å². The van der Waals surface area contributed by atoms with Crippen molar-refractivity contribution >= 4 is 30.8 Å². The fraction of sp³-hybridized carbons (Fsp3) is 0.812. The summed E-state index contributed by atoms with van der Waals surface area (Å²) in [5.41, 5.74) is 0. The van der Waals surface area contributed by atoms with E-state index in [1.165, 1.54) is 0 Å². The third-order valence-electron chi connectivity index (χ3n) is 3.32. The molecular weight excluding hydrogens is 348 g/mol. The molecule has 0 aliphatic rings. The lowest BCUT2D eigenvalue weighted by Crippen LogP contribution is -2.42. The average molecular weight is 378 g/mol. The van der Waals surface area contributed by atoms with E-state index in [0.29, 0.717) is 13.0 Å². The summed E-state index contributed by atoms with van der Waals surface area (Å²) < 4.78 is 9.83. The first-order valence-corrected chi connectivity index (χ1v) is 9.17. The Kier molecular flexibility index (Phi) is 13.7. The minimum Gasteiger partial charge on any atom is -0.480 e. The third kappa shape index (κ3) is 13.3. The van der Waals surface area contributed by atoms with Gasteiger partial charge in [-0.15, -0.1) is 0 Å². The van der Waals surface area contributed by atoms with Gasteiger partial charge >= 0.3 is 18.2 Å². The molecule has 0 heterocycles. The number of carboxylic acid groups (broad SMARTS) is 1. The number of rotatable bonds is 13. The van der Waals surface area contributed by atoms with Crippen LogP contribution in [0.25, 0.3) is 0 Å². The normalized spacial score (nSPS) is 12.8. The van der Waals surface area contributed by atoms with Gasteiger partial charge in [0.25, 0.3) is 0 Å². The number of thiol groups is 1. The van der Waals surface area contributed by atoms with Crippen molar-refractivity contribution in [1.82, 2.24) is 10.6 Å². The molecule has 3 N–H and O–H groups in total. The van der Waals surface area contributed by atoms with Crippen LogP contribution in [-0.4, -0.2) is 54.3 Å². The van der Waals surface area contributed by atoms with Crippen molar-refractivity contribution in [2.45, 2.75) is 63.7 Å². The van der Waals surface area contributed by atoms with Crippen molar-refractivity contribution in [2.24, 2.45) is 0 Å². The molecule has 2 atom stereocenters. The molecule has 0 saturated heterocycles. The zero-order valence-corrected chi connectivity index (χ0v) is 15.8. The molecule has 9 heteroatoms. The van der Waals surface area contributed by atoms with Crippen LogP contribution in [0.3, 0.4) is 0 Å². The highest BCUT2D eigenvalue weighted by atomic mass is 32.1. The van der Waals surface area contributed by atoms with Crippen molar-refractivity contribution in [2.75, 3.05) is 19.8 Å². The van der Waals surface area contributed by atoms with Gasteiger partial charge in [0.15, 0.2) is 0 Å². The van der Waals surface area contributed by atoms with Crippen LogP contribution in [0.2, 0.25) is 0 Å². The molecule has 0 saturated carbocycles. The van der Waals surface area contributed by atoms with Crippen molar-refractivity contribution < 1.29 is 29.0 Å². The van der Waals surface area contributed by atoms with Crippen LogP contribution in [0.5, 0.6) is 0 Å². The maximum atomic E-state index is 11.5. The lowest BCUT2D eigenvalue weighted by atomic mass is 10.1. The first-order valence-electron chi connectivity index (χ1n) is 8.65. The van der Waals surface area contributed by atoms with Gasteiger partial charge in [-0.1, -0.05) is 26.7 Å². The maximum Gasteiger partial charge on any atom is 0.407 e. The molecule has 0 unspecified atom stereocenters. The van der Waals surface area contributed by atoms with Gasteiger partial charge in [-0.3, -0.25) is 0 Å². The van der Waals surface area contributed by atoms with Crippen molar-refractivity contribution in [3.05, 3.63) is 0 Å². The van der Waals surface area contributed by atoms with Gasteiger partial charge in [-0.05, 0) is 25.7 Å². The number of amides is 2. The summed E-state index contributed by atoms with van der Waals surface area (Å²) in [6.07, 6.45) is 2.66. The Labute approximate surface area is 154 Å². The summed E-state index contributed by atoms with van der Waals surface area (Å²) in [4.78, 5) is 34.1. The summed E-state index contributed by atoms with van der Waals surface area (Å²) in [6, 6.07) is -1.06. The Balaban J connectivity index is 4.05. The Bertz CT molecular complexity index is 408. The van der Waals surface area contributed by atoms with Gasteiger partial charge < -0.3 is 25.2 Å². The highest BCUT2D eigenvalue weighted by molar-refractivity contribution is 7.81. The molecule has 0 fully saturated rings. The van der Waals surface area contributed by atoms with Crippen LogP contribution in [0.1, 0.15) is 52.4 Å². The van der Waals surface area contributed by atoms with Gasteiger partial charge in [-0.25, -0.2) is 14.4 Å². The number of hydrogen-bond acceptors (Lipinski definition) is 6. The summed E-state index contributed by atoms with van der Waals surface area (Å²) in [5.74, 6) is -1.14. The highest BCUT2D eigenvalue weighted by Gasteiger charge is 2.21. The van der Waals surface area contributed by atoms with E-state index >= 15 is 0 Å². The molecule has 0 rings (SSSR count). The zero-order chi connectivity index (χ0) is 19.1. The number of carbonyl (C=O) groups excluding carboxylic acids is 2. The van der Waals surface area contributed by atoms with Gasteiger partial charge in [-0.2, -0.15) is 12.6 Å². The lowest BCUT2D eigenvalue weighted by Gasteiger charge is -2.17. The minimum absolute atomic E-state index is 0.180. The molecular formula is C16H30N2O6S. The Morgan fingerprint density at radius 1 is 1.00 bits per heavy atom. The number of carbonyl (C=O) groups is 3. The molecule has 146 valence electrons. The largest absolute Gasteiger partial charge is 0.480 e. The SMILES string of the molecule is CCCCOC(=O)NC[C@H](S)CC[C@@H](NC(=O)OCCCC)C(=O)O. The molecule has 0 bridgehead atoms. The summed E-state index contributed by atoms with van der Waals surface area (Å²) in [5, 5.41) is 13.8. The number of nitrogens with one attached hydrogen (secondary N) is 2. The Morgan fingerprint density at radius 2 is 1.56 bits per heavy atom. The second kappa shape index (κ2) is 14.7. The van der Waals surface area contributed by atoms with Crippen LogP contribution in [0, 0.1) is 0 Å². The summed E-state index contributed by atoms with van der Waals surface area (Å²) >= 11 is 4.31. The van der Waals surface area contributed by atoms with Crippen LogP contribution in [0.15, 0.2) is 0 Å². The van der Waals surface area contributed by atoms with E-state index in [0.717, 1.165) is 25.7 Å². The maximum absolute atomic E-state index is 11.5. The average Bonchev–Trinajstić information content (AvgIpc) is 2.57. The predicted molar refractivity (Wildman–Crippen MR) is 97.1 cm³/mol. The number of unbranched alkanes of at least 4 members (excludes halogenated alkanes) is 2. The smallest absolute Gasteiger partial charge is 0.407 e. The molecule has 0 spiro atoms. The van der Waals surface area contributed by atoms with Gasteiger partial charge in [0.1, 0.15) is 6.04 Å². The van der Waals surface area contributed by atoms with E-state index in [-0.39, 0.29) is 24.8 Å². The first-order chi connectivity index (χ1) is 11.9. The molecule has 2 amide bonds. The van der Waals surface area contributed by atoms with Crippen LogP contribution in [-0.2, 0) is 14.3 Å². The van der Waals surface area contributed by atoms with Crippen LogP contribution in [0.4, 0.5) is 9.59 Å². The Hall–Kier alpha value is -1.64. The summed E-state index contributed by atoms with van der Waals surface area (Å²) in [6.45, 7) is 4.83. The molecule has 0 aliphatic heterocycles. The number of carboxylic acids is 1. The lowest BCUT2D eigenvalue weighted by molar-refractivity contribution is -0.139. The molecule has 0 aliphatic carbocycles. The second-order valence-corrected chi connectivity index (χ2v) is 6.36.